The monoisotopic (exact) mass is 280 g/mol. The lowest BCUT2D eigenvalue weighted by Crippen LogP contribution is -2.54. The van der Waals surface area contributed by atoms with Gasteiger partial charge >= 0.3 is 0 Å². The standard InChI is InChI=1S/C15H20O5/c16-12-8-19-15(14(18)13(12)17)20-11-6-5-9-3-1-2-4-10(9)7-11/h1-4,11-18H,5-8H2/t11?,12-,13+,14-,15-/m1/s1. The van der Waals surface area contributed by atoms with Gasteiger partial charge in [-0.05, 0) is 30.4 Å². The second-order valence-corrected chi connectivity index (χ2v) is 5.52. The van der Waals surface area contributed by atoms with E-state index in [1.165, 1.54) is 11.1 Å². The molecule has 1 aromatic rings. The molecule has 3 N–H and O–H groups in total. The van der Waals surface area contributed by atoms with Gasteiger partial charge in [-0.3, -0.25) is 0 Å². The fourth-order valence-electron chi connectivity index (χ4n) is 2.87. The summed E-state index contributed by atoms with van der Waals surface area (Å²) in [6, 6.07) is 8.25. The van der Waals surface area contributed by atoms with Gasteiger partial charge in [0.2, 0.25) is 0 Å². The quantitative estimate of drug-likeness (QED) is 0.710. The second-order valence-electron chi connectivity index (χ2n) is 5.52. The number of hydrogen-bond acceptors (Lipinski definition) is 5. The molecule has 20 heavy (non-hydrogen) atoms. The predicted molar refractivity (Wildman–Crippen MR) is 71.1 cm³/mol. The van der Waals surface area contributed by atoms with E-state index in [1.807, 2.05) is 12.1 Å². The highest BCUT2D eigenvalue weighted by Crippen LogP contribution is 2.26. The Labute approximate surface area is 117 Å². The SMILES string of the molecule is O[C@@H]1[C@@H](O)[C@@H](OC2CCc3ccccc3C2)OC[C@H]1O. The van der Waals surface area contributed by atoms with Crippen LogP contribution in [-0.4, -0.2) is 52.6 Å². The zero-order valence-corrected chi connectivity index (χ0v) is 11.2. The third-order valence-corrected chi connectivity index (χ3v) is 4.08. The largest absolute Gasteiger partial charge is 0.388 e. The van der Waals surface area contributed by atoms with Crippen LogP contribution in [0.15, 0.2) is 24.3 Å². The molecule has 1 aliphatic heterocycles. The Bertz CT molecular complexity index is 463. The Morgan fingerprint density at radius 1 is 1.05 bits per heavy atom. The summed E-state index contributed by atoms with van der Waals surface area (Å²) in [7, 11) is 0. The first-order valence-corrected chi connectivity index (χ1v) is 7.03. The van der Waals surface area contributed by atoms with Crippen LogP contribution in [0, 0.1) is 0 Å². The number of aryl methyl sites for hydroxylation is 1. The molecule has 0 bridgehead atoms. The molecule has 0 spiro atoms. The van der Waals surface area contributed by atoms with E-state index in [2.05, 4.69) is 12.1 Å². The summed E-state index contributed by atoms with van der Waals surface area (Å²) in [5.74, 6) is 0. The molecule has 110 valence electrons. The molecule has 1 heterocycles. The van der Waals surface area contributed by atoms with Gasteiger partial charge in [-0.15, -0.1) is 0 Å². The molecular formula is C15H20O5. The first-order chi connectivity index (χ1) is 9.65. The van der Waals surface area contributed by atoms with E-state index in [0.717, 1.165) is 19.3 Å². The van der Waals surface area contributed by atoms with Gasteiger partial charge in [-0.1, -0.05) is 24.3 Å². The fourth-order valence-corrected chi connectivity index (χ4v) is 2.87. The number of hydrogen-bond donors (Lipinski definition) is 3. The van der Waals surface area contributed by atoms with Crippen molar-refractivity contribution in [2.24, 2.45) is 0 Å². The van der Waals surface area contributed by atoms with Crippen LogP contribution >= 0.6 is 0 Å². The highest BCUT2D eigenvalue weighted by atomic mass is 16.7. The summed E-state index contributed by atoms with van der Waals surface area (Å²) in [5.41, 5.74) is 2.60. The third-order valence-electron chi connectivity index (χ3n) is 4.08. The van der Waals surface area contributed by atoms with Crippen molar-refractivity contribution in [2.75, 3.05) is 6.61 Å². The molecule has 0 radical (unpaired) electrons. The van der Waals surface area contributed by atoms with Crippen molar-refractivity contribution >= 4 is 0 Å². The summed E-state index contributed by atoms with van der Waals surface area (Å²) in [4.78, 5) is 0. The van der Waals surface area contributed by atoms with Gasteiger partial charge in [0.25, 0.3) is 0 Å². The minimum absolute atomic E-state index is 0.0216. The van der Waals surface area contributed by atoms with Gasteiger partial charge in [0, 0.05) is 0 Å². The first-order valence-electron chi connectivity index (χ1n) is 7.03. The molecule has 5 atom stereocenters. The van der Waals surface area contributed by atoms with E-state index >= 15 is 0 Å². The van der Waals surface area contributed by atoms with E-state index in [0.29, 0.717) is 0 Å². The number of ether oxygens (including phenoxy) is 2. The fraction of sp³-hybridized carbons (Fsp3) is 0.600. The molecule has 0 saturated carbocycles. The van der Waals surface area contributed by atoms with Gasteiger partial charge in [0.05, 0.1) is 12.7 Å². The van der Waals surface area contributed by atoms with Crippen LogP contribution in [0.2, 0.25) is 0 Å². The first kappa shape index (κ1) is 14.0. The molecule has 3 rings (SSSR count). The topological polar surface area (TPSA) is 79.2 Å². The van der Waals surface area contributed by atoms with Crippen LogP contribution in [0.3, 0.4) is 0 Å². The summed E-state index contributed by atoms with van der Waals surface area (Å²) >= 11 is 0. The van der Waals surface area contributed by atoms with E-state index in [9.17, 15) is 15.3 Å². The average molecular weight is 280 g/mol. The maximum atomic E-state index is 9.87. The van der Waals surface area contributed by atoms with E-state index in [4.69, 9.17) is 9.47 Å². The smallest absolute Gasteiger partial charge is 0.186 e. The molecule has 1 aliphatic carbocycles. The normalized spacial score (nSPS) is 37.5. The Kier molecular flexibility index (Phi) is 4.05. The molecule has 1 aromatic carbocycles. The van der Waals surface area contributed by atoms with Crippen molar-refractivity contribution in [3.63, 3.8) is 0 Å². The molecule has 0 amide bonds. The maximum absolute atomic E-state index is 9.87. The predicted octanol–water partition coefficient (Wildman–Crippen LogP) is -0.000500. The molecule has 1 fully saturated rings. The van der Waals surface area contributed by atoms with Gasteiger partial charge < -0.3 is 24.8 Å². The minimum atomic E-state index is -1.22. The highest BCUT2D eigenvalue weighted by Gasteiger charge is 2.39. The van der Waals surface area contributed by atoms with Crippen molar-refractivity contribution in [3.8, 4) is 0 Å². The van der Waals surface area contributed by atoms with Crippen LogP contribution in [0.5, 0.6) is 0 Å². The van der Waals surface area contributed by atoms with E-state index in [1.54, 1.807) is 0 Å². The van der Waals surface area contributed by atoms with Crippen LogP contribution in [0.25, 0.3) is 0 Å². The number of aliphatic hydroxyl groups is 3. The minimum Gasteiger partial charge on any atom is -0.388 e. The van der Waals surface area contributed by atoms with Gasteiger partial charge in [-0.2, -0.15) is 0 Å². The van der Waals surface area contributed by atoms with Crippen molar-refractivity contribution in [3.05, 3.63) is 35.4 Å². The summed E-state index contributed by atoms with van der Waals surface area (Å²) in [6.07, 6.45) is -1.81. The summed E-state index contributed by atoms with van der Waals surface area (Å²) in [6.45, 7) is -0.0216. The zero-order valence-electron chi connectivity index (χ0n) is 11.2. The van der Waals surface area contributed by atoms with Crippen LogP contribution in [-0.2, 0) is 22.3 Å². The second kappa shape index (κ2) is 5.79. The Morgan fingerprint density at radius 3 is 2.60 bits per heavy atom. The number of benzene rings is 1. The highest BCUT2D eigenvalue weighted by molar-refractivity contribution is 5.29. The van der Waals surface area contributed by atoms with Gasteiger partial charge in [0.1, 0.15) is 18.3 Å². The Hall–Kier alpha value is -0.980. The summed E-state index contributed by atoms with van der Waals surface area (Å²) < 4.78 is 11.1. The molecule has 5 heteroatoms. The molecule has 2 aliphatic rings. The zero-order chi connectivity index (χ0) is 14.1. The van der Waals surface area contributed by atoms with Crippen LogP contribution in [0.4, 0.5) is 0 Å². The van der Waals surface area contributed by atoms with Crippen molar-refractivity contribution in [2.45, 2.75) is 50.0 Å². The van der Waals surface area contributed by atoms with Crippen molar-refractivity contribution < 1.29 is 24.8 Å². The van der Waals surface area contributed by atoms with Crippen molar-refractivity contribution in [1.82, 2.24) is 0 Å². The van der Waals surface area contributed by atoms with Crippen LogP contribution in [0.1, 0.15) is 17.5 Å². The van der Waals surface area contributed by atoms with E-state index < -0.39 is 24.6 Å². The average Bonchev–Trinajstić information content (AvgIpc) is 2.48. The number of fused-ring (bicyclic) bond motifs is 1. The lowest BCUT2D eigenvalue weighted by atomic mass is 9.90. The lowest BCUT2D eigenvalue weighted by molar-refractivity contribution is -0.283. The molecular weight excluding hydrogens is 260 g/mol. The van der Waals surface area contributed by atoms with E-state index in [-0.39, 0.29) is 12.7 Å². The van der Waals surface area contributed by atoms with Crippen LogP contribution < -0.4 is 0 Å². The Balaban J connectivity index is 1.62. The molecule has 5 nitrogen and oxygen atoms in total. The van der Waals surface area contributed by atoms with Gasteiger partial charge in [-0.25, -0.2) is 0 Å². The Morgan fingerprint density at radius 2 is 1.80 bits per heavy atom. The third kappa shape index (κ3) is 2.73. The van der Waals surface area contributed by atoms with Gasteiger partial charge in [0.15, 0.2) is 6.29 Å². The maximum Gasteiger partial charge on any atom is 0.186 e. The molecule has 0 aromatic heterocycles. The molecule has 1 unspecified atom stereocenters. The molecule has 1 saturated heterocycles. The summed E-state index contributed by atoms with van der Waals surface area (Å²) in [5, 5.41) is 28.9. The lowest BCUT2D eigenvalue weighted by Gasteiger charge is -2.37. The number of rotatable bonds is 2. The van der Waals surface area contributed by atoms with Crippen molar-refractivity contribution in [1.29, 1.82) is 0 Å². The number of aliphatic hydroxyl groups excluding tert-OH is 3.